The van der Waals surface area contributed by atoms with E-state index in [0.717, 1.165) is 16.9 Å². The third kappa shape index (κ3) is 5.72. The molecule has 0 N–H and O–H groups in total. The van der Waals surface area contributed by atoms with Crippen LogP contribution in [-0.4, -0.2) is 43.9 Å². The summed E-state index contributed by atoms with van der Waals surface area (Å²) in [6.45, 7) is 4.67. The second-order valence-corrected chi connectivity index (χ2v) is 10.3. The van der Waals surface area contributed by atoms with Gasteiger partial charge in [0.1, 0.15) is 5.75 Å². The van der Waals surface area contributed by atoms with Gasteiger partial charge < -0.3 is 9.64 Å². The van der Waals surface area contributed by atoms with Crippen molar-refractivity contribution in [3.63, 3.8) is 0 Å². The molecule has 0 aromatic heterocycles. The third-order valence-corrected chi connectivity index (χ3v) is 7.22. The molecule has 1 aliphatic rings. The molecular weight excluding hydrogens is 398 g/mol. The van der Waals surface area contributed by atoms with Gasteiger partial charge in [-0.3, -0.25) is 4.79 Å². The summed E-state index contributed by atoms with van der Waals surface area (Å²) < 4.78 is 29.2. The summed E-state index contributed by atoms with van der Waals surface area (Å²) in [5, 5.41) is 0. The lowest BCUT2D eigenvalue weighted by molar-refractivity contribution is -0.128. The minimum Gasteiger partial charge on any atom is -0.497 e. The summed E-state index contributed by atoms with van der Waals surface area (Å²) in [5.74, 6) is 1.17. The van der Waals surface area contributed by atoms with Crippen molar-refractivity contribution in [2.45, 2.75) is 38.8 Å². The average molecular weight is 428 g/mol. The van der Waals surface area contributed by atoms with Crippen LogP contribution >= 0.6 is 0 Å². The van der Waals surface area contributed by atoms with E-state index in [0.29, 0.717) is 18.9 Å². The van der Waals surface area contributed by atoms with Crippen molar-refractivity contribution < 1.29 is 17.9 Å². The molecule has 30 heavy (non-hydrogen) atoms. The van der Waals surface area contributed by atoms with Crippen LogP contribution < -0.4 is 4.74 Å². The number of carbonyl (C=O) groups is 1. The maximum Gasteiger partial charge on any atom is 0.247 e. The first-order valence-corrected chi connectivity index (χ1v) is 12.0. The molecule has 1 heterocycles. The molecule has 0 unspecified atom stereocenters. The Bertz CT molecular complexity index is 993. The van der Waals surface area contributed by atoms with Gasteiger partial charge in [-0.2, -0.15) is 0 Å². The van der Waals surface area contributed by atoms with Crippen molar-refractivity contribution in [2.24, 2.45) is 0 Å². The van der Waals surface area contributed by atoms with Gasteiger partial charge in [0.25, 0.3) is 0 Å². The predicted molar refractivity (Wildman–Crippen MR) is 120 cm³/mol. The van der Waals surface area contributed by atoms with Crippen LogP contribution in [0, 0.1) is 0 Å². The lowest BCUT2D eigenvalue weighted by Crippen LogP contribution is -2.39. The van der Waals surface area contributed by atoms with Gasteiger partial charge in [-0.25, -0.2) is 8.42 Å². The van der Waals surface area contributed by atoms with Gasteiger partial charge in [0.2, 0.25) is 5.91 Å². The first-order chi connectivity index (χ1) is 14.3. The number of methoxy groups -OCH3 is 1. The fourth-order valence-electron chi connectivity index (χ4n) is 3.59. The number of hydrogen-bond donors (Lipinski definition) is 0. The van der Waals surface area contributed by atoms with E-state index in [1.807, 2.05) is 36.4 Å². The SMILES string of the molecule is COc1ccc(/C=C/C(=O)N(Cc2ccc(C(C)C)cc2)[C@@H]2CCS(=O)(=O)C2)cc1. The van der Waals surface area contributed by atoms with Gasteiger partial charge in [-0.1, -0.05) is 50.2 Å². The highest BCUT2D eigenvalue weighted by atomic mass is 32.2. The largest absolute Gasteiger partial charge is 0.497 e. The van der Waals surface area contributed by atoms with Crippen LogP contribution in [0.1, 0.15) is 42.9 Å². The zero-order valence-corrected chi connectivity index (χ0v) is 18.6. The van der Waals surface area contributed by atoms with Gasteiger partial charge in [0, 0.05) is 18.7 Å². The van der Waals surface area contributed by atoms with Crippen LogP contribution in [0.2, 0.25) is 0 Å². The minimum absolute atomic E-state index is 0.0270. The van der Waals surface area contributed by atoms with E-state index in [2.05, 4.69) is 26.0 Å². The quantitative estimate of drug-likeness (QED) is 0.626. The van der Waals surface area contributed by atoms with Crippen molar-refractivity contribution in [3.8, 4) is 5.75 Å². The fraction of sp³-hybridized carbons (Fsp3) is 0.375. The molecule has 1 aliphatic heterocycles. The summed E-state index contributed by atoms with van der Waals surface area (Å²) in [5.41, 5.74) is 3.11. The van der Waals surface area contributed by atoms with Crippen LogP contribution in [0.25, 0.3) is 6.08 Å². The van der Waals surface area contributed by atoms with Crippen LogP contribution in [0.3, 0.4) is 0 Å². The molecule has 5 nitrogen and oxygen atoms in total. The highest BCUT2D eigenvalue weighted by Crippen LogP contribution is 2.22. The zero-order valence-electron chi connectivity index (χ0n) is 17.7. The average Bonchev–Trinajstić information content (AvgIpc) is 3.10. The van der Waals surface area contributed by atoms with Gasteiger partial charge in [-0.05, 0) is 47.2 Å². The van der Waals surface area contributed by atoms with Gasteiger partial charge in [0.15, 0.2) is 9.84 Å². The molecule has 3 rings (SSSR count). The first kappa shape index (κ1) is 22.1. The molecule has 0 radical (unpaired) electrons. The zero-order chi connectivity index (χ0) is 21.7. The lowest BCUT2D eigenvalue weighted by atomic mass is 10.0. The molecule has 1 amide bonds. The summed E-state index contributed by atoms with van der Waals surface area (Å²) in [7, 11) is -1.48. The van der Waals surface area contributed by atoms with Crippen LogP contribution in [0.15, 0.2) is 54.6 Å². The number of rotatable bonds is 7. The molecular formula is C24H29NO4S. The second-order valence-electron chi connectivity index (χ2n) is 8.03. The monoisotopic (exact) mass is 427 g/mol. The molecule has 0 bridgehead atoms. The van der Waals surface area contributed by atoms with Gasteiger partial charge >= 0.3 is 0 Å². The summed E-state index contributed by atoms with van der Waals surface area (Å²) in [6, 6.07) is 15.3. The molecule has 1 saturated heterocycles. The molecule has 160 valence electrons. The molecule has 0 spiro atoms. The topological polar surface area (TPSA) is 63.7 Å². The Hall–Kier alpha value is -2.60. The number of carbonyl (C=O) groups excluding carboxylic acids is 1. The molecule has 1 atom stereocenters. The normalized spacial score (nSPS) is 18.1. The Morgan fingerprint density at radius 2 is 1.80 bits per heavy atom. The Labute approximate surface area is 179 Å². The second kappa shape index (κ2) is 9.47. The molecule has 0 aliphatic carbocycles. The van der Waals surface area contributed by atoms with Crippen LogP contribution in [0.5, 0.6) is 5.75 Å². The van der Waals surface area contributed by atoms with Crippen molar-refractivity contribution in [3.05, 3.63) is 71.3 Å². The number of sulfone groups is 1. The minimum atomic E-state index is -3.09. The van der Waals surface area contributed by atoms with E-state index in [1.165, 1.54) is 11.6 Å². The number of nitrogens with zero attached hydrogens (tertiary/aromatic N) is 1. The van der Waals surface area contributed by atoms with Gasteiger partial charge in [0.05, 0.1) is 18.6 Å². The van der Waals surface area contributed by atoms with Crippen LogP contribution in [-0.2, 0) is 21.2 Å². The first-order valence-electron chi connectivity index (χ1n) is 10.2. The van der Waals surface area contributed by atoms with Crippen molar-refractivity contribution in [1.29, 1.82) is 0 Å². The summed E-state index contributed by atoms with van der Waals surface area (Å²) >= 11 is 0. The standard InChI is InChI=1S/C24H29NO4S/c1-18(2)21-9-4-20(5-10-21)16-25(22-14-15-30(27,28)17-22)24(26)13-8-19-6-11-23(29-3)12-7-19/h4-13,18,22H,14-17H2,1-3H3/b13-8+/t22-/m1/s1. The maximum absolute atomic E-state index is 13.0. The number of benzene rings is 2. The molecule has 2 aromatic rings. The third-order valence-electron chi connectivity index (χ3n) is 5.47. The highest BCUT2D eigenvalue weighted by Gasteiger charge is 2.34. The fourth-order valence-corrected chi connectivity index (χ4v) is 5.32. The summed E-state index contributed by atoms with van der Waals surface area (Å²) in [6.07, 6.45) is 3.75. The molecule has 1 fully saturated rings. The van der Waals surface area contributed by atoms with E-state index in [4.69, 9.17) is 4.74 Å². The van der Waals surface area contributed by atoms with E-state index >= 15 is 0 Å². The van der Waals surface area contributed by atoms with Crippen LogP contribution in [0.4, 0.5) is 0 Å². The lowest BCUT2D eigenvalue weighted by Gasteiger charge is -2.27. The van der Waals surface area contributed by atoms with E-state index in [-0.39, 0.29) is 23.5 Å². The Morgan fingerprint density at radius 1 is 1.13 bits per heavy atom. The highest BCUT2D eigenvalue weighted by molar-refractivity contribution is 7.91. The number of amides is 1. The Balaban J connectivity index is 1.79. The molecule has 0 saturated carbocycles. The predicted octanol–water partition coefficient (Wildman–Crippen LogP) is 4.05. The van der Waals surface area contributed by atoms with Crippen molar-refractivity contribution >= 4 is 21.8 Å². The number of hydrogen-bond acceptors (Lipinski definition) is 4. The van der Waals surface area contributed by atoms with Crippen molar-refractivity contribution in [1.82, 2.24) is 4.90 Å². The number of ether oxygens (including phenoxy) is 1. The van der Waals surface area contributed by atoms with E-state index < -0.39 is 9.84 Å². The summed E-state index contributed by atoms with van der Waals surface area (Å²) in [4.78, 5) is 14.7. The van der Waals surface area contributed by atoms with Crippen molar-refractivity contribution in [2.75, 3.05) is 18.6 Å². The molecule has 6 heteroatoms. The maximum atomic E-state index is 13.0. The Morgan fingerprint density at radius 3 is 2.33 bits per heavy atom. The van der Waals surface area contributed by atoms with E-state index in [9.17, 15) is 13.2 Å². The molecule has 2 aromatic carbocycles. The van der Waals surface area contributed by atoms with Gasteiger partial charge in [-0.15, -0.1) is 0 Å². The smallest absolute Gasteiger partial charge is 0.247 e. The Kier molecular flexibility index (Phi) is 6.98. The van der Waals surface area contributed by atoms with E-state index in [1.54, 1.807) is 18.1 Å².